The number of carbonyl (C=O) groups is 1. The zero-order valence-corrected chi connectivity index (χ0v) is 13.9. The highest BCUT2D eigenvalue weighted by Gasteiger charge is 2.23. The summed E-state index contributed by atoms with van der Waals surface area (Å²) in [6.45, 7) is 4.48. The monoisotopic (exact) mass is 310 g/mol. The number of rotatable bonds is 7. The zero-order chi connectivity index (χ0) is 15.1. The van der Waals surface area contributed by atoms with E-state index >= 15 is 0 Å². The molecule has 1 atom stereocenters. The first-order chi connectivity index (χ1) is 10.2. The maximum Gasteiger partial charge on any atom is 0.311 e. The molecule has 0 spiro atoms. The molecule has 1 N–H and O–H groups in total. The van der Waals surface area contributed by atoms with Gasteiger partial charge >= 0.3 is 5.97 Å². The third kappa shape index (κ3) is 4.99. The Balaban J connectivity index is 1.89. The van der Waals surface area contributed by atoms with E-state index in [1.165, 1.54) is 32.1 Å². The number of anilines is 1. The van der Waals surface area contributed by atoms with Crippen molar-refractivity contribution in [3.05, 3.63) is 11.1 Å². The molecule has 0 saturated heterocycles. The highest BCUT2D eigenvalue weighted by Crippen LogP contribution is 2.30. The van der Waals surface area contributed by atoms with Crippen molar-refractivity contribution < 1.29 is 9.53 Å². The Morgan fingerprint density at radius 2 is 2.19 bits per heavy atom. The van der Waals surface area contributed by atoms with Gasteiger partial charge in [0.1, 0.15) is 0 Å². The van der Waals surface area contributed by atoms with Crippen molar-refractivity contribution in [3.8, 4) is 0 Å². The molecule has 1 aliphatic carbocycles. The van der Waals surface area contributed by atoms with Crippen molar-refractivity contribution in [2.24, 2.45) is 5.92 Å². The Morgan fingerprint density at radius 3 is 2.86 bits per heavy atom. The first kappa shape index (κ1) is 16.3. The molecule has 1 aromatic heterocycles. The average molecular weight is 310 g/mol. The van der Waals surface area contributed by atoms with Gasteiger partial charge in [-0.3, -0.25) is 4.79 Å². The summed E-state index contributed by atoms with van der Waals surface area (Å²) in [6.07, 6.45) is 8.14. The van der Waals surface area contributed by atoms with E-state index in [0.29, 0.717) is 12.6 Å². The van der Waals surface area contributed by atoms with Crippen LogP contribution in [0.1, 0.15) is 58.1 Å². The fourth-order valence-corrected chi connectivity index (χ4v) is 3.84. The predicted octanol–water partition coefficient (Wildman–Crippen LogP) is 4.02. The van der Waals surface area contributed by atoms with Gasteiger partial charge in [0.25, 0.3) is 0 Å². The minimum atomic E-state index is -0.200. The van der Waals surface area contributed by atoms with E-state index < -0.39 is 0 Å². The normalized spacial score (nSPS) is 17.4. The lowest BCUT2D eigenvalue weighted by atomic mass is 9.83. The molecule has 1 saturated carbocycles. The fraction of sp³-hybridized carbons (Fsp3) is 0.750. The maximum atomic E-state index is 11.5. The van der Waals surface area contributed by atoms with Crippen molar-refractivity contribution in [1.29, 1.82) is 0 Å². The topological polar surface area (TPSA) is 51.2 Å². The summed E-state index contributed by atoms with van der Waals surface area (Å²) in [5.41, 5.74) is 0.805. The van der Waals surface area contributed by atoms with E-state index in [0.717, 1.165) is 23.2 Å². The second-order valence-electron chi connectivity index (χ2n) is 5.68. The molecule has 1 fully saturated rings. The van der Waals surface area contributed by atoms with Crippen LogP contribution in [0.4, 0.5) is 5.13 Å². The van der Waals surface area contributed by atoms with Gasteiger partial charge in [0, 0.05) is 11.4 Å². The summed E-state index contributed by atoms with van der Waals surface area (Å²) < 4.78 is 4.96. The molecular formula is C16H26N2O2S. The van der Waals surface area contributed by atoms with Crippen molar-refractivity contribution in [2.75, 3.05) is 11.9 Å². The fourth-order valence-electron chi connectivity index (χ4n) is 3.06. The van der Waals surface area contributed by atoms with Crippen LogP contribution in [0.2, 0.25) is 0 Å². The molecule has 21 heavy (non-hydrogen) atoms. The van der Waals surface area contributed by atoms with E-state index in [4.69, 9.17) is 4.74 Å². The molecule has 5 heteroatoms. The minimum absolute atomic E-state index is 0.200. The second-order valence-corrected chi connectivity index (χ2v) is 6.54. The first-order valence-corrected chi connectivity index (χ1v) is 8.97. The Labute approximate surface area is 131 Å². The van der Waals surface area contributed by atoms with Gasteiger partial charge in [0.05, 0.1) is 18.7 Å². The van der Waals surface area contributed by atoms with Crippen LogP contribution in [-0.2, 0) is 16.0 Å². The van der Waals surface area contributed by atoms with Gasteiger partial charge < -0.3 is 10.1 Å². The number of hydrogen-bond acceptors (Lipinski definition) is 5. The number of aromatic nitrogens is 1. The Bertz CT molecular complexity index is 441. The van der Waals surface area contributed by atoms with E-state index in [9.17, 15) is 4.79 Å². The Kier molecular flexibility index (Phi) is 6.49. The van der Waals surface area contributed by atoms with Crippen LogP contribution >= 0.6 is 11.3 Å². The van der Waals surface area contributed by atoms with E-state index in [1.807, 2.05) is 12.3 Å². The highest BCUT2D eigenvalue weighted by molar-refractivity contribution is 7.13. The molecule has 0 aliphatic heterocycles. The number of carbonyl (C=O) groups excluding carboxylic acids is 1. The summed E-state index contributed by atoms with van der Waals surface area (Å²) in [5, 5.41) is 6.47. The Morgan fingerprint density at radius 1 is 1.43 bits per heavy atom. The summed E-state index contributed by atoms with van der Waals surface area (Å²) in [7, 11) is 0. The van der Waals surface area contributed by atoms with Crippen molar-refractivity contribution in [2.45, 2.75) is 64.8 Å². The molecule has 0 radical (unpaired) electrons. The van der Waals surface area contributed by atoms with Crippen LogP contribution in [0.25, 0.3) is 0 Å². The van der Waals surface area contributed by atoms with Crippen molar-refractivity contribution in [3.63, 3.8) is 0 Å². The smallest absolute Gasteiger partial charge is 0.311 e. The Hall–Kier alpha value is -1.10. The van der Waals surface area contributed by atoms with Crippen LogP contribution in [0.3, 0.4) is 0 Å². The van der Waals surface area contributed by atoms with Gasteiger partial charge in [-0.25, -0.2) is 4.98 Å². The molecule has 4 nitrogen and oxygen atoms in total. The molecule has 2 rings (SSSR count). The van der Waals surface area contributed by atoms with Crippen LogP contribution in [-0.4, -0.2) is 23.6 Å². The molecule has 0 bridgehead atoms. The second kappa shape index (κ2) is 8.37. The maximum absolute atomic E-state index is 11.5. The molecular weight excluding hydrogens is 284 g/mol. The molecule has 0 amide bonds. The summed E-state index contributed by atoms with van der Waals surface area (Å²) in [6, 6.07) is 0.506. The zero-order valence-electron chi connectivity index (χ0n) is 13.1. The number of hydrogen-bond donors (Lipinski definition) is 1. The SMILES string of the molecule is CCOC(=O)Cc1csc(NC(CC)C2CCCCC2)n1. The molecule has 0 aromatic carbocycles. The van der Waals surface area contributed by atoms with Crippen molar-refractivity contribution in [1.82, 2.24) is 4.98 Å². The number of thiazole rings is 1. The molecule has 1 aliphatic rings. The van der Waals surface area contributed by atoms with E-state index in [-0.39, 0.29) is 12.4 Å². The molecule has 1 unspecified atom stereocenters. The van der Waals surface area contributed by atoms with Crippen LogP contribution in [0.15, 0.2) is 5.38 Å². The molecule has 1 aromatic rings. The number of nitrogens with zero attached hydrogens (tertiary/aromatic N) is 1. The van der Waals surface area contributed by atoms with Gasteiger partial charge in [-0.05, 0) is 32.1 Å². The van der Waals surface area contributed by atoms with Crippen molar-refractivity contribution >= 4 is 22.4 Å². The number of ether oxygens (including phenoxy) is 1. The third-order valence-electron chi connectivity index (χ3n) is 4.15. The summed E-state index contributed by atoms with van der Waals surface area (Å²) in [4.78, 5) is 16.0. The van der Waals surface area contributed by atoms with Crippen LogP contribution in [0.5, 0.6) is 0 Å². The number of nitrogens with one attached hydrogen (secondary N) is 1. The first-order valence-electron chi connectivity index (χ1n) is 8.09. The number of esters is 1. The predicted molar refractivity (Wildman–Crippen MR) is 86.7 cm³/mol. The lowest BCUT2D eigenvalue weighted by molar-refractivity contribution is -0.142. The lowest BCUT2D eigenvalue weighted by Gasteiger charge is -2.30. The van der Waals surface area contributed by atoms with Crippen LogP contribution < -0.4 is 5.32 Å². The van der Waals surface area contributed by atoms with Gasteiger partial charge in [-0.2, -0.15) is 0 Å². The van der Waals surface area contributed by atoms with Gasteiger partial charge in [0.2, 0.25) is 0 Å². The molecule has 1 heterocycles. The quantitative estimate of drug-likeness (QED) is 0.773. The highest BCUT2D eigenvalue weighted by atomic mass is 32.1. The van der Waals surface area contributed by atoms with Gasteiger partial charge in [0.15, 0.2) is 5.13 Å². The van der Waals surface area contributed by atoms with E-state index in [2.05, 4.69) is 17.2 Å². The summed E-state index contributed by atoms with van der Waals surface area (Å²) >= 11 is 1.59. The summed E-state index contributed by atoms with van der Waals surface area (Å²) in [5.74, 6) is 0.565. The lowest BCUT2D eigenvalue weighted by Crippen LogP contribution is -2.30. The average Bonchev–Trinajstić information content (AvgIpc) is 2.93. The van der Waals surface area contributed by atoms with Gasteiger partial charge in [-0.15, -0.1) is 11.3 Å². The minimum Gasteiger partial charge on any atom is -0.466 e. The van der Waals surface area contributed by atoms with Crippen LogP contribution in [0, 0.1) is 5.92 Å². The standard InChI is InChI=1S/C16H26N2O2S/c1-3-14(12-8-6-5-7-9-12)18-16-17-13(11-21-16)10-15(19)20-4-2/h11-12,14H,3-10H2,1-2H3,(H,17,18). The largest absolute Gasteiger partial charge is 0.466 e. The molecule has 118 valence electrons. The van der Waals surface area contributed by atoms with Gasteiger partial charge in [-0.1, -0.05) is 26.2 Å². The third-order valence-corrected chi connectivity index (χ3v) is 4.97. The van der Waals surface area contributed by atoms with E-state index in [1.54, 1.807) is 11.3 Å².